The van der Waals surface area contributed by atoms with Crippen LogP contribution in [0.25, 0.3) is 0 Å². The topological polar surface area (TPSA) is 65.4 Å². The molecule has 0 aliphatic heterocycles. The van der Waals surface area contributed by atoms with Crippen molar-refractivity contribution in [3.63, 3.8) is 0 Å². The van der Waals surface area contributed by atoms with E-state index in [0.29, 0.717) is 22.2 Å². The molecular formula is C16H20ClN3O3. The molecule has 1 aromatic heterocycles. The van der Waals surface area contributed by atoms with E-state index in [1.807, 2.05) is 20.9 Å². The van der Waals surface area contributed by atoms with Gasteiger partial charge in [0.05, 0.1) is 37.0 Å². The van der Waals surface area contributed by atoms with Crippen LogP contribution in [0.5, 0.6) is 11.5 Å². The summed E-state index contributed by atoms with van der Waals surface area (Å²) in [7, 11) is 4.90. The maximum absolute atomic E-state index is 12.4. The lowest BCUT2D eigenvalue weighted by molar-refractivity contribution is -0.115. The van der Waals surface area contributed by atoms with Crippen LogP contribution < -0.4 is 14.8 Å². The number of nitrogens with one attached hydrogen (secondary N) is 1. The fraction of sp³-hybridized carbons (Fsp3) is 0.375. The Morgan fingerprint density at radius 2 is 1.91 bits per heavy atom. The maximum atomic E-state index is 12.4. The number of aromatic nitrogens is 2. The zero-order valence-electron chi connectivity index (χ0n) is 13.9. The van der Waals surface area contributed by atoms with E-state index in [-0.39, 0.29) is 12.3 Å². The van der Waals surface area contributed by atoms with E-state index < -0.39 is 0 Å². The molecule has 6 nitrogen and oxygen atoms in total. The fourth-order valence-electron chi connectivity index (χ4n) is 2.39. The molecule has 0 saturated carbocycles. The number of benzene rings is 1. The maximum Gasteiger partial charge on any atom is 0.229 e. The first kappa shape index (κ1) is 17.1. The summed E-state index contributed by atoms with van der Waals surface area (Å²) in [5, 5.41) is 7.54. The molecule has 0 aliphatic carbocycles. The highest BCUT2D eigenvalue weighted by Crippen LogP contribution is 2.35. The SMILES string of the molecule is COc1cc(OC)c(NC(=O)Cc2c(C)nn(C)c2C)cc1Cl. The van der Waals surface area contributed by atoms with Gasteiger partial charge in [-0.25, -0.2) is 0 Å². The van der Waals surface area contributed by atoms with Gasteiger partial charge in [0.15, 0.2) is 0 Å². The molecule has 0 fully saturated rings. The predicted molar refractivity (Wildman–Crippen MR) is 89.6 cm³/mol. The third-order valence-electron chi connectivity index (χ3n) is 3.74. The van der Waals surface area contributed by atoms with Crippen molar-refractivity contribution in [3.8, 4) is 11.5 Å². The summed E-state index contributed by atoms with van der Waals surface area (Å²) in [5.74, 6) is 0.809. The quantitative estimate of drug-likeness (QED) is 0.911. The Kier molecular flexibility index (Phi) is 5.15. The molecule has 0 spiro atoms. The molecule has 2 rings (SSSR count). The average Bonchev–Trinajstić information content (AvgIpc) is 2.74. The monoisotopic (exact) mass is 337 g/mol. The minimum Gasteiger partial charge on any atom is -0.495 e. The molecule has 23 heavy (non-hydrogen) atoms. The summed E-state index contributed by atoms with van der Waals surface area (Å²) in [4.78, 5) is 12.4. The van der Waals surface area contributed by atoms with Crippen molar-refractivity contribution in [3.05, 3.63) is 34.1 Å². The fourth-order valence-corrected chi connectivity index (χ4v) is 2.63. The van der Waals surface area contributed by atoms with E-state index in [4.69, 9.17) is 21.1 Å². The van der Waals surface area contributed by atoms with Crippen LogP contribution >= 0.6 is 11.6 Å². The van der Waals surface area contributed by atoms with Crippen molar-refractivity contribution in [2.24, 2.45) is 7.05 Å². The first-order valence-electron chi connectivity index (χ1n) is 7.07. The first-order chi connectivity index (χ1) is 10.9. The number of hydrogen-bond donors (Lipinski definition) is 1. The van der Waals surface area contributed by atoms with Crippen LogP contribution in [0.2, 0.25) is 5.02 Å². The molecule has 0 unspecified atom stereocenters. The van der Waals surface area contributed by atoms with Crippen LogP contribution in [-0.4, -0.2) is 29.9 Å². The number of anilines is 1. The van der Waals surface area contributed by atoms with E-state index >= 15 is 0 Å². The molecule has 1 heterocycles. The molecule has 1 aromatic carbocycles. The summed E-state index contributed by atoms with van der Waals surface area (Å²) < 4.78 is 12.2. The minimum absolute atomic E-state index is 0.163. The van der Waals surface area contributed by atoms with Crippen LogP contribution in [0.1, 0.15) is 17.0 Å². The van der Waals surface area contributed by atoms with Crippen LogP contribution in [0.15, 0.2) is 12.1 Å². The zero-order valence-corrected chi connectivity index (χ0v) is 14.6. The molecule has 1 amide bonds. The third-order valence-corrected chi connectivity index (χ3v) is 4.04. The van der Waals surface area contributed by atoms with Crippen molar-refractivity contribution >= 4 is 23.2 Å². The number of methoxy groups -OCH3 is 2. The molecule has 0 saturated heterocycles. The van der Waals surface area contributed by atoms with Crippen molar-refractivity contribution < 1.29 is 14.3 Å². The number of ether oxygens (including phenoxy) is 2. The molecular weight excluding hydrogens is 318 g/mol. The Bertz CT molecular complexity index is 741. The van der Waals surface area contributed by atoms with Gasteiger partial charge in [-0.2, -0.15) is 5.10 Å². The molecule has 0 atom stereocenters. The summed E-state index contributed by atoms with van der Waals surface area (Å²) in [6, 6.07) is 3.25. The lowest BCUT2D eigenvalue weighted by atomic mass is 10.1. The van der Waals surface area contributed by atoms with E-state index in [0.717, 1.165) is 17.0 Å². The van der Waals surface area contributed by atoms with Gasteiger partial charge in [0.1, 0.15) is 11.5 Å². The van der Waals surface area contributed by atoms with Gasteiger partial charge < -0.3 is 14.8 Å². The lowest BCUT2D eigenvalue weighted by Crippen LogP contribution is -2.16. The Labute approximate surface area is 140 Å². The number of rotatable bonds is 5. The number of nitrogens with zero attached hydrogens (tertiary/aromatic N) is 2. The van der Waals surface area contributed by atoms with Gasteiger partial charge >= 0.3 is 0 Å². The first-order valence-corrected chi connectivity index (χ1v) is 7.45. The average molecular weight is 338 g/mol. The smallest absolute Gasteiger partial charge is 0.229 e. The molecule has 7 heteroatoms. The Hall–Kier alpha value is -2.21. The van der Waals surface area contributed by atoms with Gasteiger partial charge in [-0.1, -0.05) is 11.6 Å². The van der Waals surface area contributed by atoms with E-state index in [1.165, 1.54) is 14.2 Å². The highest BCUT2D eigenvalue weighted by molar-refractivity contribution is 6.32. The normalized spacial score (nSPS) is 10.5. The second-order valence-corrected chi connectivity index (χ2v) is 5.59. The van der Waals surface area contributed by atoms with Gasteiger partial charge in [0.2, 0.25) is 5.91 Å². The van der Waals surface area contributed by atoms with Crippen molar-refractivity contribution in [1.82, 2.24) is 9.78 Å². The highest BCUT2D eigenvalue weighted by atomic mass is 35.5. The second kappa shape index (κ2) is 6.91. The molecule has 0 aliphatic rings. The summed E-state index contributed by atoms with van der Waals surface area (Å²) >= 11 is 6.11. The van der Waals surface area contributed by atoms with Crippen molar-refractivity contribution in [2.75, 3.05) is 19.5 Å². The number of carbonyl (C=O) groups excluding carboxylic acids is 1. The highest BCUT2D eigenvalue weighted by Gasteiger charge is 2.16. The molecule has 0 bridgehead atoms. The second-order valence-electron chi connectivity index (χ2n) is 5.18. The third kappa shape index (κ3) is 3.59. The Morgan fingerprint density at radius 1 is 1.26 bits per heavy atom. The molecule has 2 aromatic rings. The predicted octanol–water partition coefficient (Wildman–Crippen LogP) is 2.89. The van der Waals surface area contributed by atoms with Crippen LogP contribution in [0.3, 0.4) is 0 Å². The van der Waals surface area contributed by atoms with Crippen molar-refractivity contribution in [1.29, 1.82) is 0 Å². The van der Waals surface area contributed by atoms with Crippen molar-refractivity contribution in [2.45, 2.75) is 20.3 Å². The van der Waals surface area contributed by atoms with E-state index in [2.05, 4.69) is 10.4 Å². The largest absolute Gasteiger partial charge is 0.495 e. The van der Waals surface area contributed by atoms with Crippen LogP contribution in [0, 0.1) is 13.8 Å². The zero-order chi connectivity index (χ0) is 17.1. The van der Waals surface area contributed by atoms with Gasteiger partial charge in [-0.15, -0.1) is 0 Å². The Morgan fingerprint density at radius 3 is 2.43 bits per heavy atom. The lowest BCUT2D eigenvalue weighted by Gasteiger charge is -2.13. The van der Waals surface area contributed by atoms with Gasteiger partial charge in [-0.3, -0.25) is 9.48 Å². The molecule has 1 N–H and O–H groups in total. The number of amides is 1. The summed E-state index contributed by atoms with van der Waals surface area (Å²) in [6.45, 7) is 3.83. The van der Waals surface area contributed by atoms with Gasteiger partial charge in [-0.05, 0) is 19.9 Å². The van der Waals surface area contributed by atoms with Crippen LogP contribution in [0.4, 0.5) is 5.69 Å². The summed E-state index contributed by atoms with van der Waals surface area (Å²) in [6.07, 6.45) is 0.234. The number of carbonyl (C=O) groups is 1. The molecule has 0 radical (unpaired) electrons. The van der Waals surface area contributed by atoms with E-state index in [1.54, 1.807) is 16.8 Å². The standard InChI is InChI=1S/C16H20ClN3O3/c1-9-11(10(2)20(3)19-9)6-16(21)18-13-7-12(17)14(22-4)8-15(13)23-5/h7-8H,6H2,1-5H3,(H,18,21). The molecule has 124 valence electrons. The minimum atomic E-state index is -0.163. The number of hydrogen-bond acceptors (Lipinski definition) is 4. The van der Waals surface area contributed by atoms with Gasteiger partial charge in [0.25, 0.3) is 0 Å². The summed E-state index contributed by atoms with van der Waals surface area (Å²) in [5.41, 5.74) is 3.24. The van der Waals surface area contributed by atoms with E-state index in [9.17, 15) is 4.79 Å². The van der Waals surface area contributed by atoms with Gasteiger partial charge in [0, 0.05) is 24.4 Å². The number of halogens is 1. The number of aryl methyl sites for hydroxylation is 2. The Balaban J connectivity index is 2.21. The van der Waals surface area contributed by atoms with Crippen LogP contribution in [-0.2, 0) is 18.3 Å².